The van der Waals surface area contributed by atoms with Gasteiger partial charge >= 0.3 is 0 Å². The van der Waals surface area contributed by atoms with Crippen molar-refractivity contribution in [1.82, 2.24) is 10.6 Å². The predicted molar refractivity (Wildman–Crippen MR) is 92.0 cm³/mol. The zero-order valence-corrected chi connectivity index (χ0v) is 14.4. The molecule has 2 amide bonds. The highest BCUT2D eigenvalue weighted by molar-refractivity contribution is 5.89. The van der Waals surface area contributed by atoms with Crippen LogP contribution in [0.4, 0.5) is 0 Å². The minimum atomic E-state index is -1.10. The van der Waals surface area contributed by atoms with E-state index in [0.29, 0.717) is 17.1 Å². The third-order valence-corrected chi connectivity index (χ3v) is 3.80. The number of nitrogens with one attached hydrogen (secondary N) is 2. The summed E-state index contributed by atoms with van der Waals surface area (Å²) in [5.74, 6) is 0.0700. The van der Waals surface area contributed by atoms with E-state index >= 15 is 0 Å². The molecule has 0 aliphatic rings. The molecule has 136 valence electrons. The lowest BCUT2D eigenvalue weighted by atomic mass is 10.1. The highest BCUT2D eigenvalue weighted by Crippen LogP contribution is 2.30. The van der Waals surface area contributed by atoms with Crippen LogP contribution >= 0.6 is 0 Å². The number of aliphatic hydroxyl groups excluding tert-OH is 1. The van der Waals surface area contributed by atoms with Crippen molar-refractivity contribution in [3.05, 3.63) is 30.0 Å². The average molecular weight is 349 g/mol. The molecule has 2 rings (SSSR count). The molecule has 0 radical (unpaired) electrons. The fraction of sp³-hybridized carbons (Fsp3) is 0.412. The lowest BCUT2D eigenvalue weighted by Crippen LogP contribution is -2.54. The molecule has 0 aliphatic carbocycles. The van der Waals surface area contributed by atoms with Crippen molar-refractivity contribution in [2.75, 3.05) is 13.7 Å². The fourth-order valence-corrected chi connectivity index (χ4v) is 2.44. The van der Waals surface area contributed by atoms with Crippen molar-refractivity contribution in [3.63, 3.8) is 0 Å². The number of para-hydroxylation sites is 1. The number of hydrogen-bond donors (Lipinski definition) is 4. The van der Waals surface area contributed by atoms with E-state index in [1.165, 1.54) is 6.92 Å². The molecule has 1 heterocycles. The second kappa shape index (κ2) is 8.00. The lowest BCUT2D eigenvalue weighted by Gasteiger charge is -2.22. The van der Waals surface area contributed by atoms with Gasteiger partial charge in [0.1, 0.15) is 11.8 Å². The van der Waals surface area contributed by atoms with Gasteiger partial charge in [-0.3, -0.25) is 9.59 Å². The Bertz CT molecular complexity index is 756. The summed E-state index contributed by atoms with van der Waals surface area (Å²) < 4.78 is 11.0. The number of furan rings is 1. The van der Waals surface area contributed by atoms with Gasteiger partial charge < -0.3 is 30.6 Å². The molecule has 8 nitrogen and oxygen atoms in total. The third-order valence-electron chi connectivity index (χ3n) is 3.80. The van der Waals surface area contributed by atoms with Gasteiger partial charge in [0.25, 0.3) is 0 Å². The first-order chi connectivity index (χ1) is 11.9. The number of methoxy groups -OCH3 is 1. The van der Waals surface area contributed by atoms with Crippen LogP contribution in [0.5, 0.6) is 5.75 Å². The molecule has 0 spiro atoms. The molecule has 2 aromatic rings. The number of fused-ring (bicyclic) bond motifs is 1. The number of rotatable bonds is 7. The maximum atomic E-state index is 12.4. The SMILES string of the molecule is COc1cccc2cc(C(C)NC(=O)[C@H](NC(=O)CN)[C@H](C)O)oc12. The minimum Gasteiger partial charge on any atom is -0.493 e. The van der Waals surface area contributed by atoms with Crippen molar-refractivity contribution < 1.29 is 23.8 Å². The largest absolute Gasteiger partial charge is 0.493 e. The molecular weight excluding hydrogens is 326 g/mol. The summed E-state index contributed by atoms with van der Waals surface area (Å²) >= 11 is 0. The van der Waals surface area contributed by atoms with Gasteiger partial charge in [-0.25, -0.2) is 0 Å². The van der Waals surface area contributed by atoms with Crippen molar-refractivity contribution in [2.24, 2.45) is 5.73 Å². The standard InChI is InChI=1S/C17H23N3O5/c1-9(19-17(23)15(10(2)21)20-14(22)8-18)13-7-11-5-4-6-12(24-3)16(11)25-13/h4-7,9-10,15,21H,8,18H2,1-3H3,(H,19,23)(H,20,22)/t9?,10-,15+/m0/s1. The smallest absolute Gasteiger partial charge is 0.245 e. The van der Waals surface area contributed by atoms with Crippen molar-refractivity contribution in [2.45, 2.75) is 32.0 Å². The predicted octanol–water partition coefficient (Wildman–Crippen LogP) is 0.443. The Morgan fingerprint density at radius 3 is 2.64 bits per heavy atom. The molecule has 0 bridgehead atoms. The van der Waals surface area contributed by atoms with Crippen LogP contribution < -0.4 is 21.1 Å². The van der Waals surface area contributed by atoms with Gasteiger partial charge in [0.2, 0.25) is 11.8 Å². The molecular formula is C17H23N3O5. The Hall–Kier alpha value is -2.58. The Balaban J connectivity index is 2.16. The maximum absolute atomic E-state index is 12.4. The molecule has 5 N–H and O–H groups in total. The van der Waals surface area contributed by atoms with Crippen LogP contribution in [0.25, 0.3) is 11.0 Å². The molecule has 1 aromatic heterocycles. The number of benzene rings is 1. The Morgan fingerprint density at radius 2 is 2.04 bits per heavy atom. The Labute approximate surface area is 145 Å². The second-order valence-corrected chi connectivity index (χ2v) is 5.75. The van der Waals surface area contributed by atoms with Crippen LogP contribution in [0, 0.1) is 0 Å². The molecule has 0 aliphatic heterocycles. The average Bonchev–Trinajstić information content (AvgIpc) is 3.03. The second-order valence-electron chi connectivity index (χ2n) is 5.75. The van der Waals surface area contributed by atoms with Crippen LogP contribution in [-0.2, 0) is 9.59 Å². The minimum absolute atomic E-state index is 0.268. The first kappa shape index (κ1) is 18.8. The number of amides is 2. The summed E-state index contributed by atoms with van der Waals surface area (Å²) in [4.78, 5) is 23.8. The van der Waals surface area contributed by atoms with Gasteiger partial charge in [-0.05, 0) is 26.0 Å². The zero-order chi connectivity index (χ0) is 18.6. The first-order valence-corrected chi connectivity index (χ1v) is 7.91. The number of nitrogens with two attached hydrogens (primary N) is 1. The van der Waals surface area contributed by atoms with E-state index in [1.54, 1.807) is 26.2 Å². The highest BCUT2D eigenvalue weighted by atomic mass is 16.5. The van der Waals surface area contributed by atoms with Crippen molar-refractivity contribution in [3.8, 4) is 5.75 Å². The number of carbonyl (C=O) groups excluding carboxylic acids is 2. The number of ether oxygens (including phenoxy) is 1. The van der Waals surface area contributed by atoms with Crippen molar-refractivity contribution in [1.29, 1.82) is 0 Å². The monoisotopic (exact) mass is 349 g/mol. The molecule has 0 fully saturated rings. The first-order valence-electron chi connectivity index (χ1n) is 7.91. The Morgan fingerprint density at radius 1 is 1.32 bits per heavy atom. The van der Waals surface area contributed by atoms with E-state index in [2.05, 4.69) is 10.6 Å². The lowest BCUT2D eigenvalue weighted by molar-refractivity contribution is -0.131. The molecule has 1 unspecified atom stereocenters. The van der Waals surface area contributed by atoms with Gasteiger partial charge in [-0.15, -0.1) is 0 Å². The van der Waals surface area contributed by atoms with E-state index in [9.17, 15) is 14.7 Å². The van der Waals surface area contributed by atoms with Crippen LogP contribution in [0.15, 0.2) is 28.7 Å². The summed E-state index contributed by atoms with van der Waals surface area (Å²) in [7, 11) is 1.55. The quantitative estimate of drug-likeness (QED) is 0.574. The van der Waals surface area contributed by atoms with Crippen LogP contribution in [0.2, 0.25) is 0 Å². The number of carbonyl (C=O) groups is 2. The zero-order valence-electron chi connectivity index (χ0n) is 14.4. The van der Waals surface area contributed by atoms with Crippen LogP contribution in [-0.4, -0.2) is 42.7 Å². The fourth-order valence-electron chi connectivity index (χ4n) is 2.44. The number of aliphatic hydroxyl groups is 1. The molecule has 1 aromatic carbocycles. The molecule has 0 saturated carbocycles. The Kier molecular flexibility index (Phi) is 6.00. The normalized spacial score (nSPS) is 14.6. The molecule has 25 heavy (non-hydrogen) atoms. The number of hydrogen-bond acceptors (Lipinski definition) is 6. The van der Waals surface area contributed by atoms with E-state index in [1.807, 2.05) is 12.1 Å². The summed E-state index contributed by atoms with van der Waals surface area (Å²) in [6.45, 7) is 2.89. The van der Waals surface area contributed by atoms with E-state index < -0.39 is 30.0 Å². The van der Waals surface area contributed by atoms with Crippen molar-refractivity contribution >= 4 is 22.8 Å². The third kappa shape index (κ3) is 4.28. The van der Waals surface area contributed by atoms with E-state index in [0.717, 1.165) is 5.39 Å². The van der Waals surface area contributed by atoms with Crippen LogP contribution in [0.1, 0.15) is 25.6 Å². The molecule has 0 saturated heterocycles. The van der Waals surface area contributed by atoms with Gasteiger partial charge in [-0.2, -0.15) is 0 Å². The van der Waals surface area contributed by atoms with E-state index in [4.69, 9.17) is 14.9 Å². The van der Waals surface area contributed by atoms with Gasteiger partial charge in [0, 0.05) is 5.39 Å². The van der Waals surface area contributed by atoms with Crippen LogP contribution in [0.3, 0.4) is 0 Å². The summed E-state index contributed by atoms with van der Waals surface area (Å²) in [6.07, 6.45) is -1.07. The van der Waals surface area contributed by atoms with Gasteiger partial charge in [-0.1, -0.05) is 12.1 Å². The summed E-state index contributed by atoms with van der Waals surface area (Å²) in [5, 5.41) is 15.7. The van der Waals surface area contributed by atoms with E-state index in [-0.39, 0.29) is 6.54 Å². The summed E-state index contributed by atoms with van der Waals surface area (Å²) in [5.41, 5.74) is 5.82. The molecule has 8 heteroatoms. The van der Waals surface area contributed by atoms with Gasteiger partial charge in [0.05, 0.1) is 25.8 Å². The highest BCUT2D eigenvalue weighted by Gasteiger charge is 2.27. The van der Waals surface area contributed by atoms with Gasteiger partial charge in [0.15, 0.2) is 11.3 Å². The maximum Gasteiger partial charge on any atom is 0.245 e. The molecule has 3 atom stereocenters. The summed E-state index contributed by atoms with van der Waals surface area (Å²) in [6, 6.07) is 5.73. The topological polar surface area (TPSA) is 127 Å².